The third-order valence-electron chi connectivity index (χ3n) is 2.49. The maximum atomic E-state index is 5.78. The van der Waals surface area contributed by atoms with E-state index in [1.807, 2.05) is 44.4 Å². The van der Waals surface area contributed by atoms with E-state index in [2.05, 4.69) is 17.1 Å². The van der Waals surface area contributed by atoms with Gasteiger partial charge in [0.15, 0.2) is 0 Å². The molecule has 0 aliphatic rings. The Morgan fingerprint density at radius 3 is 2.14 bits per heavy atom. The van der Waals surface area contributed by atoms with Gasteiger partial charge in [-0.3, -0.25) is 0 Å². The molecule has 1 aromatic carbocycles. The molecule has 1 rings (SSSR count). The van der Waals surface area contributed by atoms with Crippen molar-refractivity contribution in [2.45, 2.75) is 6.04 Å². The molecule has 0 aliphatic heterocycles. The van der Waals surface area contributed by atoms with Crippen LogP contribution in [0.5, 0.6) is 0 Å². The second kappa shape index (κ2) is 5.10. The van der Waals surface area contributed by atoms with Crippen LogP contribution in [-0.4, -0.2) is 37.7 Å². The van der Waals surface area contributed by atoms with Gasteiger partial charge in [-0.05, 0) is 5.56 Å². The molecule has 1 unspecified atom stereocenters. The highest BCUT2D eigenvalue weighted by molar-refractivity contribution is 5.19. The van der Waals surface area contributed by atoms with Crippen molar-refractivity contribution in [2.75, 3.05) is 27.7 Å². The summed E-state index contributed by atoms with van der Waals surface area (Å²) < 4.78 is 0. The first-order chi connectivity index (χ1) is 6.66. The largest absolute Gasteiger partial charge is 0.329 e. The van der Waals surface area contributed by atoms with Gasteiger partial charge in [0.1, 0.15) is 0 Å². The zero-order chi connectivity index (χ0) is 10.6. The Balaban J connectivity index is 2.82. The number of hydrogen-bond acceptors (Lipinski definition) is 3. The molecular weight excluding hydrogens is 174 g/mol. The SMILES string of the molecule is CN(C)N(C)C(CN)c1ccccc1. The van der Waals surface area contributed by atoms with E-state index >= 15 is 0 Å². The molecule has 0 heterocycles. The van der Waals surface area contributed by atoms with Crippen molar-refractivity contribution < 1.29 is 0 Å². The van der Waals surface area contributed by atoms with Crippen molar-refractivity contribution in [1.29, 1.82) is 0 Å². The van der Waals surface area contributed by atoms with Crippen molar-refractivity contribution in [3.8, 4) is 0 Å². The molecule has 0 fully saturated rings. The number of nitrogens with zero attached hydrogens (tertiary/aromatic N) is 2. The second-order valence-corrected chi connectivity index (χ2v) is 3.58. The van der Waals surface area contributed by atoms with E-state index in [1.165, 1.54) is 5.56 Å². The third-order valence-corrected chi connectivity index (χ3v) is 2.49. The lowest BCUT2D eigenvalue weighted by Gasteiger charge is -2.32. The Kier molecular flexibility index (Phi) is 4.07. The van der Waals surface area contributed by atoms with E-state index in [0.717, 1.165) is 0 Å². The highest BCUT2D eigenvalue weighted by atomic mass is 15.6. The van der Waals surface area contributed by atoms with Gasteiger partial charge in [0.2, 0.25) is 0 Å². The predicted molar refractivity (Wildman–Crippen MR) is 59.7 cm³/mol. The molecule has 0 spiro atoms. The van der Waals surface area contributed by atoms with E-state index < -0.39 is 0 Å². The van der Waals surface area contributed by atoms with Gasteiger partial charge >= 0.3 is 0 Å². The molecule has 3 nitrogen and oxygen atoms in total. The average molecular weight is 193 g/mol. The van der Waals surface area contributed by atoms with Gasteiger partial charge in [-0.15, -0.1) is 0 Å². The van der Waals surface area contributed by atoms with E-state index in [-0.39, 0.29) is 6.04 Å². The highest BCUT2D eigenvalue weighted by Crippen LogP contribution is 2.17. The monoisotopic (exact) mass is 193 g/mol. The molecule has 2 N–H and O–H groups in total. The topological polar surface area (TPSA) is 32.5 Å². The summed E-state index contributed by atoms with van der Waals surface area (Å²) >= 11 is 0. The molecule has 78 valence electrons. The lowest BCUT2D eigenvalue weighted by Crippen LogP contribution is -2.39. The van der Waals surface area contributed by atoms with Crippen LogP contribution in [0.1, 0.15) is 11.6 Å². The van der Waals surface area contributed by atoms with Crippen LogP contribution >= 0.6 is 0 Å². The summed E-state index contributed by atoms with van der Waals surface area (Å²) in [6.45, 7) is 0.624. The molecule has 0 aromatic heterocycles. The number of rotatable bonds is 4. The van der Waals surface area contributed by atoms with E-state index in [9.17, 15) is 0 Å². The first kappa shape index (κ1) is 11.2. The minimum absolute atomic E-state index is 0.256. The molecule has 0 amide bonds. The summed E-state index contributed by atoms with van der Waals surface area (Å²) in [5.74, 6) is 0. The summed E-state index contributed by atoms with van der Waals surface area (Å²) in [6, 6.07) is 10.6. The second-order valence-electron chi connectivity index (χ2n) is 3.58. The molecule has 0 bridgehead atoms. The quantitative estimate of drug-likeness (QED) is 0.727. The molecule has 1 aromatic rings. The molecule has 3 heteroatoms. The van der Waals surface area contributed by atoms with E-state index in [4.69, 9.17) is 5.73 Å². The Hall–Kier alpha value is -0.900. The molecule has 0 saturated heterocycles. The fourth-order valence-electron chi connectivity index (χ4n) is 1.46. The highest BCUT2D eigenvalue weighted by Gasteiger charge is 2.15. The van der Waals surface area contributed by atoms with Crippen molar-refractivity contribution >= 4 is 0 Å². The standard InChI is InChI=1S/C11H19N3/c1-13(2)14(3)11(9-12)10-7-5-4-6-8-10/h4-8,11H,9,12H2,1-3H3. The lowest BCUT2D eigenvalue weighted by atomic mass is 10.1. The molecule has 0 aliphatic carbocycles. The fourth-order valence-corrected chi connectivity index (χ4v) is 1.46. The summed E-state index contributed by atoms with van der Waals surface area (Å²) in [7, 11) is 6.09. The van der Waals surface area contributed by atoms with Crippen LogP contribution in [0.2, 0.25) is 0 Å². The minimum Gasteiger partial charge on any atom is -0.329 e. The van der Waals surface area contributed by atoms with Crippen molar-refractivity contribution in [1.82, 2.24) is 10.0 Å². The van der Waals surface area contributed by atoms with Crippen LogP contribution < -0.4 is 5.73 Å². The molecular formula is C11H19N3. The zero-order valence-corrected chi connectivity index (χ0v) is 9.14. The smallest absolute Gasteiger partial charge is 0.0614 e. The van der Waals surface area contributed by atoms with E-state index in [0.29, 0.717) is 6.54 Å². The average Bonchev–Trinajstić information content (AvgIpc) is 2.20. The Labute approximate surface area is 86.1 Å². The van der Waals surface area contributed by atoms with Gasteiger partial charge in [0.25, 0.3) is 0 Å². The Morgan fingerprint density at radius 2 is 1.71 bits per heavy atom. The molecule has 1 atom stereocenters. The molecule has 0 radical (unpaired) electrons. The summed E-state index contributed by atoms with van der Waals surface area (Å²) in [4.78, 5) is 0. The van der Waals surface area contributed by atoms with Crippen LogP contribution in [-0.2, 0) is 0 Å². The lowest BCUT2D eigenvalue weighted by molar-refractivity contribution is 0.0123. The maximum Gasteiger partial charge on any atom is 0.0614 e. The van der Waals surface area contributed by atoms with Gasteiger partial charge < -0.3 is 5.73 Å². The normalized spacial score (nSPS) is 13.6. The van der Waals surface area contributed by atoms with Gasteiger partial charge in [-0.1, -0.05) is 30.3 Å². The zero-order valence-electron chi connectivity index (χ0n) is 9.14. The number of nitrogens with two attached hydrogens (primary N) is 1. The molecule has 0 saturated carbocycles. The fraction of sp³-hybridized carbons (Fsp3) is 0.455. The summed E-state index contributed by atoms with van der Waals surface area (Å²) in [5, 5.41) is 4.18. The number of hydrogen-bond donors (Lipinski definition) is 1. The number of likely N-dealkylation sites (N-methyl/N-ethyl adjacent to an activating group) is 1. The number of hydrazine groups is 1. The van der Waals surface area contributed by atoms with Crippen LogP contribution in [0.3, 0.4) is 0 Å². The van der Waals surface area contributed by atoms with Gasteiger partial charge in [0, 0.05) is 27.7 Å². The Morgan fingerprint density at radius 1 is 1.14 bits per heavy atom. The van der Waals surface area contributed by atoms with Crippen LogP contribution in [0, 0.1) is 0 Å². The molecule has 14 heavy (non-hydrogen) atoms. The van der Waals surface area contributed by atoms with Crippen LogP contribution in [0.25, 0.3) is 0 Å². The van der Waals surface area contributed by atoms with Gasteiger partial charge in [0.05, 0.1) is 6.04 Å². The van der Waals surface area contributed by atoms with Crippen LogP contribution in [0.15, 0.2) is 30.3 Å². The first-order valence-corrected chi connectivity index (χ1v) is 4.82. The van der Waals surface area contributed by atoms with Crippen molar-refractivity contribution in [3.63, 3.8) is 0 Å². The van der Waals surface area contributed by atoms with Crippen molar-refractivity contribution in [3.05, 3.63) is 35.9 Å². The minimum atomic E-state index is 0.256. The summed E-state index contributed by atoms with van der Waals surface area (Å²) in [6.07, 6.45) is 0. The summed E-state index contributed by atoms with van der Waals surface area (Å²) in [5.41, 5.74) is 7.03. The third kappa shape index (κ3) is 2.54. The van der Waals surface area contributed by atoms with E-state index in [1.54, 1.807) is 0 Å². The number of benzene rings is 1. The Bertz CT molecular complexity index is 258. The van der Waals surface area contributed by atoms with Gasteiger partial charge in [-0.25, -0.2) is 10.0 Å². The van der Waals surface area contributed by atoms with Crippen molar-refractivity contribution in [2.24, 2.45) is 5.73 Å². The van der Waals surface area contributed by atoms with Gasteiger partial charge in [-0.2, -0.15) is 0 Å². The first-order valence-electron chi connectivity index (χ1n) is 4.82. The predicted octanol–water partition coefficient (Wildman–Crippen LogP) is 1.09. The maximum absolute atomic E-state index is 5.78. The van der Waals surface area contributed by atoms with Crippen LogP contribution in [0.4, 0.5) is 0 Å².